The van der Waals surface area contributed by atoms with Crippen LogP contribution >= 0.6 is 15.9 Å². The minimum Gasteiger partial charge on any atom is -0.482 e. The maximum Gasteiger partial charge on any atom is 0.339 e. The quantitative estimate of drug-likeness (QED) is 0.0990. The number of hydrogen-bond donors (Lipinski definition) is 0. The summed E-state index contributed by atoms with van der Waals surface area (Å²) in [6.07, 6.45) is -8.67. The van der Waals surface area contributed by atoms with Gasteiger partial charge in [-0.2, -0.15) is 0 Å². The SMILES string of the molecule is COC(=O)[C@H]1O[C@@H](O[C@H]2C=CC3[C@H]4Cc5ccc(OC(C)=O)c6c5[C@@]3(CCN4C)[C@H]2O6)[C@H](OC(C)=O)[C@@H](OC(C)=O)[C@@H]1OC(C)=O.COC(=O)[C@H]1O[C@H](Br)[C@H](OC(C)=O)[C@@H](OC(C)=O)[C@@H]1OC(C)=O. The molecule has 23 nitrogen and oxygen atoms in total. The summed E-state index contributed by atoms with van der Waals surface area (Å²) in [6.45, 7) is 8.87. The minimum absolute atomic E-state index is 0.0407. The molecule has 1 aromatic carbocycles. The Balaban J connectivity index is 0.000000287. The van der Waals surface area contributed by atoms with Crippen molar-refractivity contribution in [3.63, 3.8) is 0 Å². The van der Waals surface area contributed by atoms with Crippen LogP contribution in [0.2, 0.25) is 0 Å². The van der Waals surface area contributed by atoms with Crippen LogP contribution in [-0.2, 0) is 107 Å². The Hall–Kier alpha value is -5.69. The van der Waals surface area contributed by atoms with Crippen molar-refractivity contribution in [3.05, 3.63) is 35.4 Å². The van der Waals surface area contributed by atoms with Crippen LogP contribution in [0, 0.1) is 5.92 Å². The first kappa shape index (κ1) is 52.7. The fraction of sp³-hybridized carbons (Fsp3) is 0.622. The van der Waals surface area contributed by atoms with Gasteiger partial charge >= 0.3 is 53.7 Å². The second-order valence-corrected chi connectivity index (χ2v) is 17.8. The van der Waals surface area contributed by atoms with E-state index in [-0.39, 0.29) is 12.0 Å². The van der Waals surface area contributed by atoms with Crippen molar-refractivity contribution in [1.29, 1.82) is 0 Å². The largest absolute Gasteiger partial charge is 0.482 e. The number of hydrogen-bond acceptors (Lipinski definition) is 23. The summed E-state index contributed by atoms with van der Waals surface area (Å²) >= 11 is 3.11. The van der Waals surface area contributed by atoms with Crippen LogP contribution in [0.3, 0.4) is 0 Å². The summed E-state index contributed by atoms with van der Waals surface area (Å²) in [5.41, 5.74) is 1.51. The number of piperidine rings is 1. The van der Waals surface area contributed by atoms with Crippen molar-refractivity contribution in [2.24, 2.45) is 5.92 Å². The highest BCUT2D eigenvalue weighted by molar-refractivity contribution is 9.09. The fourth-order valence-corrected chi connectivity index (χ4v) is 10.6. The lowest BCUT2D eigenvalue weighted by Gasteiger charge is -2.57. The van der Waals surface area contributed by atoms with Crippen molar-refractivity contribution >= 4 is 69.7 Å². The number of halogens is 1. The molecule has 3 fully saturated rings. The molecule has 2 bridgehead atoms. The molecule has 0 aromatic heterocycles. The summed E-state index contributed by atoms with van der Waals surface area (Å²) in [5.74, 6) is -5.90. The zero-order valence-electron chi connectivity index (χ0n) is 39.3. The third kappa shape index (κ3) is 10.9. The molecule has 24 heteroatoms. The average molecular weight is 1040 g/mol. The smallest absolute Gasteiger partial charge is 0.339 e. The standard InChI is InChI=1S/C32H37NO13.C13H17BrO9/c1-14(34)40-21-9-7-18-13-20-19-8-10-22(29-32(19,11-12-33(20)5)23(18)24(21)45-29)44-31-28(43-17(4)37)26(42-16(3)36)25(41-15(2)35)27(46-31)30(38)39-6;1-5(15)20-8-9(21-6(2)16)11(13(18)19-4)23-12(14)10(8)22-7(3)17/h7-10,19-20,22,25-29,31H,11-13H2,1-6H3;8-12H,1-4H3/t19?,20-,22+,25+,26+,27+,28-,29+,31-,32+;8-,9-,10+,11-,12-/m10/s1. The number of nitrogens with zero attached hydrogens (tertiary/aromatic N) is 1. The average Bonchev–Trinajstić information content (AvgIpc) is 3.62. The van der Waals surface area contributed by atoms with E-state index in [1.54, 1.807) is 6.07 Å². The summed E-state index contributed by atoms with van der Waals surface area (Å²) in [4.78, 5) is 110. The fourth-order valence-electron chi connectivity index (χ4n) is 9.97. The molecule has 3 saturated heterocycles. The van der Waals surface area contributed by atoms with Crippen LogP contribution in [0.4, 0.5) is 0 Å². The molecule has 0 radical (unpaired) electrons. The van der Waals surface area contributed by atoms with Gasteiger partial charge in [-0.25, -0.2) is 9.59 Å². The van der Waals surface area contributed by atoms with Crippen LogP contribution < -0.4 is 9.47 Å². The van der Waals surface area contributed by atoms with Crippen molar-refractivity contribution in [3.8, 4) is 11.5 Å². The molecule has 1 unspecified atom stereocenters. The first-order chi connectivity index (χ1) is 32.5. The van der Waals surface area contributed by atoms with Gasteiger partial charge in [-0.1, -0.05) is 34.1 Å². The van der Waals surface area contributed by atoms with Crippen LogP contribution in [-0.4, -0.2) is 165 Å². The maximum atomic E-state index is 12.9. The molecular formula is C45H54BrNO22. The Morgan fingerprint density at radius 2 is 1.13 bits per heavy atom. The Morgan fingerprint density at radius 1 is 0.638 bits per heavy atom. The third-order valence-corrected chi connectivity index (χ3v) is 13.1. The highest BCUT2D eigenvalue weighted by atomic mass is 79.9. The highest BCUT2D eigenvalue weighted by Crippen LogP contribution is 2.63. The second-order valence-electron chi connectivity index (χ2n) is 16.9. The number of esters is 9. The number of likely N-dealkylation sites (N-methyl/N-ethyl adjacent to an activating group) is 1. The predicted molar refractivity (Wildman–Crippen MR) is 230 cm³/mol. The maximum absolute atomic E-state index is 12.9. The normalized spacial score (nSPS) is 33.5. The number of methoxy groups -OCH3 is 2. The van der Waals surface area contributed by atoms with Crippen LogP contribution in [0.5, 0.6) is 11.5 Å². The highest BCUT2D eigenvalue weighted by Gasteiger charge is 2.66. The zero-order chi connectivity index (χ0) is 50.8. The number of ether oxygens (including phenoxy) is 13. The van der Waals surface area contributed by atoms with Gasteiger partial charge in [0, 0.05) is 71.4 Å². The molecule has 6 aliphatic rings. The number of carbonyl (C=O) groups is 9. The Kier molecular flexibility index (Phi) is 16.4. The third-order valence-electron chi connectivity index (χ3n) is 12.3. The molecule has 1 spiro atoms. The van der Waals surface area contributed by atoms with Gasteiger partial charge in [-0.05, 0) is 38.1 Å². The van der Waals surface area contributed by atoms with Gasteiger partial charge in [-0.3, -0.25) is 33.6 Å². The van der Waals surface area contributed by atoms with Crippen molar-refractivity contribution in [1.82, 2.24) is 4.90 Å². The van der Waals surface area contributed by atoms with E-state index in [0.717, 1.165) is 79.9 Å². The number of alkyl halides is 1. The molecule has 7 rings (SSSR count). The van der Waals surface area contributed by atoms with E-state index in [1.807, 2.05) is 12.1 Å². The van der Waals surface area contributed by atoms with E-state index in [9.17, 15) is 43.2 Å². The minimum atomic E-state index is -1.60. The summed E-state index contributed by atoms with van der Waals surface area (Å²) in [6, 6.07) is 3.89. The van der Waals surface area contributed by atoms with Crippen molar-refractivity contribution in [2.45, 2.75) is 145 Å². The molecule has 0 N–H and O–H groups in total. The lowest BCUT2D eigenvalue weighted by atomic mass is 9.53. The zero-order valence-corrected chi connectivity index (χ0v) is 40.9. The summed E-state index contributed by atoms with van der Waals surface area (Å²) in [5, 5.41) is -0.980. The van der Waals surface area contributed by atoms with Crippen molar-refractivity contribution in [2.75, 3.05) is 27.8 Å². The summed E-state index contributed by atoms with van der Waals surface area (Å²) < 4.78 is 71.4. The number of benzene rings is 1. The number of rotatable bonds is 11. The number of carbonyl (C=O) groups excluding carboxylic acids is 9. The second kappa shape index (κ2) is 21.5. The monoisotopic (exact) mass is 1040 g/mol. The lowest BCUT2D eigenvalue weighted by Crippen LogP contribution is -2.67. The van der Waals surface area contributed by atoms with Gasteiger partial charge in [0.2, 0.25) is 6.29 Å². The molecule has 378 valence electrons. The molecule has 0 saturated carbocycles. The Labute approximate surface area is 404 Å². The van der Waals surface area contributed by atoms with Crippen molar-refractivity contribution < 1.29 is 105 Å². The Morgan fingerprint density at radius 3 is 1.65 bits per heavy atom. The van der Waals surface area contributed by atoms with E-state index in [0.29, 0.717) is 17.9 Å². The van der Waals surface area contributed by atoms with Crippen LogP contribution in [0.25, 0.3) is 0 Å². The molecule has 0 amide bonds. The van der Waals surface area contributed by atoms with E-state index in [1.165, 1.54) is 6.92 Å². The molecule has 2 aliphatic carbocycles. The molecule has 4 aliphatic heterocycles. The van der Waals surface area contributed by atoms with Gasteiger partial charge in [0.25, 0.3) is 0 Å². The van der Waals surface area contributed by atoms with Gasteiger partial charge in [0.1, 0.15) is 12.2 Å². The first-order valence-corrected chi connectivity index (χ1v) is 22.6. The molecule has 1 aromatic rings. The summed E-state index contributed by atoms with van der Waals surface area (Å²) in [7, 11) is 4.34. The van der Waals surface area contributed by atoms with E-state index >= 15 is 0 Å². The van der Waals surface area contributed by atoms with Crippen LogP contribution in [0.1, 0.15) is 66.0 Å². The van der Waals surface area contributed by atoms with Gasteiger partial charge < -0.3 is 66.5 Å². The van der Waals surface area contributed by atoms with Gasteiger partial charge in [0.05, 0.1) is 14.2 Å². The lowest BCUT2D eigenvalue weighted by molar-refractivity contribution is -0.313. The predicted octanol–water partition coefficient (Wildman–Crippen LogP) is 1.21. The first-order valence-electron chi connectivity index (χ1n) is 21.7. The Bertz CT molecular complexity index is 2250. The number of likely N-dealkylation sites (tertiary alicyclic amines) is 1. The van der Waals surface area contributed by atoms with Gasteiger partial charge in [0.15, 0.2) is 65.3 Å². The van der Waals surface area contributed by atoms with E-state index in [2.05, 4.69) is 38.7 Å². The van der Waals surface area contributed by atoms with Gasteiger partial charge in [-0.15, -0.1) is 0 Å². The van der Waals surface area contributed by atoms with E-state index < -0.39 is 131 Å². The topological polar surface area (TPSA) is 277 Å². The molecule has 15 atom stereocenters. The van der Waals surface area contributed by atoms with Crippen LogP contribution in [0.15, 0.2) is 24.3 Å². The molecule has 4 heterocycles. The molecular weight excluding hydrogens is 986 g/mol. The molecule has 69 heavy (non-hydrogen) atoms. The van der Waals surface area contributed by atoms with E-state index in [4.69, 9.17) is 56.8 Å².